The smallest absolute Gasteiger partial charge is 0.407 e. The average Bonchev–Trinajstić information content (AvgIpc) is 2.13. The molecular formula is C8H5BrF5NO. The fraction of sp³-hybridized carbons (Fsp3) is 0.250. The lowest BCUT2D eigenvalue weighted by Gasteiger charge is -2.18. The van der Waals surface area contributed by atoms with Crippen LogP contribution in [0.2, 0.25) is 0 Å². The van der Waals surface area contributed by atoms with Crippen molar-refractivity contribution in [2.75, 3.05) is 0 Å². The van der Waals surface area contributed by atoms with Gasteiger partial charge in [0.25, 0.3) is 0 Å². The summed E-state index contributed by atoms with van der Waals surface area (Å²) in [6.07, 6.45) is -4.93. The van der Waals surface area contributed by atoms with E-state index in [1.165, 1.54) is 0 Å². The minimum Gasteiger partial charge on any atom is -0.506 e. The van der Waals surface area contributed by atoms with Crippen LogP contribution in [0.3, 0.4) is 0 Å². The van der Waals surface area contributed by atoms with Gasteiger partial charge >= 0.3 is 6.18 Å². The van der Waals surface area contributed by atoms with E-state index < -0.39 is 39.6 Å². The van der Waals surface area contributed by atoms with Gasteiger partial charge in [-0.3, -0.25) is 0 Å². The highest BCUT2D eigenvalue weighted by molar-refractivity contribution is 9.10. The number of nitrogens with two attached hydrogens (primary N) is 1. The molecule has 0 aliphatic carbocycles. The molecule has 0 unspecified atom stereocenters. The van der Waals surface area contributed by atoms with Crippen LogP contribution in [-0.2, 0) is 0 Å². The van der Waals surface area contributed by atoms with Crippen LogP contribution in [-0.4, -0.2) is 11.3 Å². The number of hydrogen-bond acceptors (Lipinski definition) is 2. The van der Waals surface area contributed by atoms with E-state index in [9.17, 15) is 27.1 Å². The average molecular weight is 306 g/mol. The van der Waals surface area contributed by atoms with Crippen molar-refractivity contribution in [3.05, 3.63) is 27.7 Å². The van der Waals surface area contributed by atoms with Gasteiger partial charge in [0.2, 0.25) is 0 Å². The molecule has 1 atom stereocenters. The Morgan fingerprint density at radius 2 is 1.75 bits per heavy atom. The first-order chi connectivity index (χ1) is 7.16. The summed E-state index contributed by atoms with van der Waals surface area (Å²) in [6, 6.07) is -2.51. The fourth-order valence-corrected chi connectivity index (χ4v) is 1.38. The minimum atomic E-state index is -4.93. The zero-order valence-electron chi connectivity index (χ0n) is 7.45. The zero-order chi connectivity index (χ0) is 12.7. The maximum atomic E-state index is 13.1. The fourth-order valence-electron chi connectivity index (χ4n) is 1.06. The summed E-state index contributed by atoms with van der Waals surface area (Å²) in [5, 5.41) is 9.19. The number of phenolic OH excluding ortho intramolecular Hbond substituents is 1. The van der Waals surface area contributed by atoms with Crippen molar-refractivity contribution in [1.82, 2.24) is 0 Å². The standard InChI is InChI=1S/C8H5BrF5NO/c9-5-3(11)1-2(10)4(6(5)16)7(15)8(12,13)14/h1,7,16H,15H2/t7-/m0/s1. The van der Waals surface area contributed by atoms with Gasteiger partial charge in [-0.05, 0) is 15.9 Å². The van der Waals surface area contributed by atoms with Crippen molar-refractivity contribution in [1.29, 1.82) is 0 Å². The quantitative estimate of drug-likeness (QED) is 0.619. The molecule has 1 rings (SSSR count). The molecule has 0 spiro atoms. The number of aromatic hydroxyl groups is 1. The van der Waals surface area contributed by atoms with E-state index in [2.05, 4.69) is 15.9 Å². The molecular weight excluding hydrogens is 301 g/mol. The molecule has 8 heteroatoms. The van der Waals surface area contributed by atoms with Crippen molar-refractivity contribution in [2.24, 2.45) is 5.73 Å². The molecule has 0 saturated heterocycles. The van der Waals surface area contributed by atoms with E-state index in [0.717, 1.165) is 0 Å². The Bertz CT molecular complexity index is 420. The van der Waals surface area contributed by atoms with E-state index in [1.807, 2.05) is 0 Å². The molecule has 0 fully saturated rings. The summed E-state index contributed by atoms with van der Waals surface area (Å²) >= 11 is 2.48. The van der Waals surface area contributed by atoms with E-state index in [4.69, 9.17) is 5.73 Å². The first-order valence-electron chi connectivity index (χ1n) is 3.85. The van der Waals surface area contributed by atoms with Gasteiger partial charge in [-0.2, -0.15) is 13.2 Å². The van der Waals surface area contributed by atoms with Gasteiger partial charge in [0, 0.05) is 6.07 Å². The van der Waals surface area contributed by atoms with Crippen LogP contribution < -0.4 is 5.73 Å². The molecule has 0 radical (unpaired) electrons. The molecule has 1 aromatic carbocycles. The molecule has 16 heavy (non-hydrogen) atoms. The second-order valence-corrected chi connectivity index (χ2v) is 3.73. The molecule has 0 aliphatic rings. The van der Waals surface area contributed by atoms with Crippen LogP contribution in [0.5, 0.6) is 5.75 Å². The molecule has 90 valence electrons. The highest BCUT2D eigenvalue weighted by atomic mass is 79.9. The third kappa shape index (κ3) is 2.27. The van der Waals surface area contributed by atoms with Crippen LogP contribution in [0.25, 0.3) is 0 Å². The summed E-state index contributed by atoms with van der Waals surface area (Å²) in [7, 11) is 0. The maximum Gasteiger partial charge on any atom is 0.407 e. The van der Waals surface area contributed by atoms with Crippen LogP contribution in [0, 0.1) is 11.6 Å². The van der Waals surface area contributed by atoms with E-state index in [0.29, 0.717) is 0 Å². The highest BCUT2D eigenvalue weighted by Crippen LogP contribution is 2.40. The van der Waals surface area contributed by atoms with Crippen molar-refractivity contribution in [2.45, 2.75) is 12.2 Å². The Morgan fingerprint density at radius 1 is 1.25 bits per heavy atom. The van der Waals surface area contributed by atoms with Crippen molar-refractivity contribution in [3.63, 3.8) is 0 Å². The van der Waals surface area contributed by atoms with Crippen LogP contribution in [0.1, 0.15) is 11.6 Å². The molecule has 3 N–H and O–H groups in total. The Labute approximate surface area is 95.0 Å². The lowest BCUT2D eigenvalue weighted by atomic mass is 10.1. The predicted molar refractivity (Wildman–Crippen MR) is 48.7 cm³/mol. The third-order valence-corrected chi connectivity index (χ3v) is 2.60. The van der Waals surface area contributed by atoms with Gasteiger partial charge < -0.3 is 10.8 Å². The summed E-state index contributed by atoms with van der Waals surface area (Å²) in [5.74, 6) is -3.96. The Kier molecular flexibility index (Phi) is 3.44. The molecule has 0 aromatic heterocycles. The van der Waals surface area contributed by atoms with Gasteiger partial charge in [-0.1, -0.05) is 0 Å². The molecule has 2 nitrogen and oxygen atoms in total. The summed E-state index contributed by atoms with van der Waals surface area (Å²) in [4.78, 5) is 0. The van der Waals surface area contributed by atoms with Crippen molar-refractivity contribution < 1.29 is 27.1 Å². The normalized spacial score (nSPS) is 13.9. The first kappa shape index (κ1) is 13.2. The van der Waals surface area contributed by atoms with Crippen LogP contribution >= 0.6 is 15.9 Å². The molecule has 0 amide bonds. The predicted octanol–water partition coefficient (Wildman–Crippen LogP) is 2.99. The Hall–Kier alpha value is -0.890. The largest absolute Gasteiger partial charge is 0.506 e. The molecule has 0 bridgehead atoms. The number of alkyl halides is 3. The Balaban J connectivity index is 3.40. The maximum absolute atomic E-state index is 13.1. The van der Waals surface area contributed by atoms with E-state index in [-0.39, 0.29) is 6.07 Å². The SMILES string of the molecule is N[C@@H](c1c(F)cc(F)c(Br)c1O)C(F)(F)F. The molecule has 0 aliphatic heterocycles. The lowest BCUT2D eigenvalue weighted by molar-refractivity contribution is -0.150. The third-order valence-electron chi connectivity index (χ3n) is 1.85. The molecule has 0 heterocycles. The molecule has 0 saturated carbocycles. The van der Waals surface area contributed by atoms with Gasteiger partial charge in [-0.25, -0.2) is 8.78 Å². The lowest BCUT2D eigenvalue weighted by Crippen LogP contribution is -2.29. The highest BCUT2D eigenvalue weighted by Gasteiger charge is 2.41. The van der Waals surface area contributed by atoms with Crippen LogP contribution in [0.4, 0.5) is 22.0 Å². The topological polar surface area (TPSA) is 46.2 Å². The number of phenols is 1. The van der Waals surface area contributed by atoms with E-state index in [1.54, 1.807) is 0 Å². The first-order valence-corrected chi connectivity index (χ1v) is 4.64. The summed E-state index contributed by atoms with van der Waals surface area (Å²) < 4.78 is 61.9. The van der Waals surface area contributed by atoms with Gasteiger partial charge in [-0.15, -0.1) is 0 Å². The monoisotopic (exact) mass is 305 g/mol. The second kappa shape index (κ2) is 4.17. The van der Waals surface area contributed by atoms with Gasteiger partial charge in [0.05, 0.1) is 10.0 Å². The van der Waals surface area contributed by atoms with Crippen LogP contribution in [0.15, 0.2) is 10.5 Å². The minimum absolute atomic E-state index is 0.213. The van der Waals surface area contributed by atoms with Gasteiger partial charge in [0.1, 0.15) is 23.4 Å². The van der Waals surface area contributed by atoms with Crippen molar-refractivity contribution >= 4 is 15.9 Å². The summed E-state index contributed by atoms with van der Waals surface area (Å²) in [5.41, 5.74) is 3.53. The Morgan fingerprint density at radius 3 is 2.19 bits per heavy atom. The zero-order valence-corrected chi connectivity index (χ0v) is 9.03. The summed E-state index contributed by atoms with van der Waals surface area (Å²) in [6.45, 7) is 0. The van der Waals surface area contributed by atoms with E-state index >= 15 is 0 Å². The number of benzene rings is 1. The number of hydrogen-bond donors (Lipinski definition) is 2. The number of halogens is 6. The molecule has 1 aromatic rings. The van der Waals surface area contributed by atoms with Crippen molar-refractivity contribution in [3.8, 4) is 5.75 Å². The van der Waals surface area contributed by atoms with Gasteiger partial charge in [0.15, 0.2) is 0 Å². The number of rotatable bonds is 1. The second-order valence-electron chi connectivity index (χ2n) is 2.94.